The van der Waals surface area contributed by atoms with E-state index in [9.17, 15) is 43.5 Å². The van der Waals surface area contributed by atoms with E-state index in [1.807, 2.05) is 0 Å². The van der Waals surface area contributed by atoms with Gasteiger partial charge in [-0.15, -0.1) is 0 Å². The second kappa shape index (κ2) is 90.9. The number of aliphatic hydroxyl groups excluding tert-OH is 2. The van der Waals surface area contributed by atoms with E-state index in [4.69, 9.17) is 32.3 Å². The normalized spacial score (nSPS) is 14.4. The first-order valence-electron chi connectivity index (χ1n) is 47.5. The Bertz CT molecular complexity index is 2660. The lowest BCUT2D eigenvalue weighted by molar-refractivity contribution is -0.161. The maximum atomic E-state index is 13.1. The Balaban J connectivity index is 4.50. The molecule has 0 aromatic heterocycles. The summed E-state index contributed by atoms with van der Waals surface area (Å²) < 4.78 is 61.5. The molecule has 0 aliphatic carbocycles. The van der Waals surface area contributed by atoms with Gasteiger partial charge < -0.3 is 34.2 Å². The zero-order valence-corrected chi connectivity index (χ0v) is 76.4. The summed E-state index contributed by atoms with van der Waals surface area (Å²) in [6, 6.07) is 0. The van der Waals surface area contributed by atoms with Crippen molar-refractivity contribution >= 4 is 33.6 Å². The minimum Gasteiger partial charge on any atom is -0.463 e. The maximum absolute atomic E-state index is 13.1. The summed E-state index contributed by atoms with van der Waals surface area (Å²) in [5.74, 6) is -1.58. The van der Waals surface area contributed by atoms with Crippen LogP contribution in [0.3, 0.4) is 0 Å². The van der Waals surface area contributed by atoms with Gasteiger partial charge in [-0.05, 0) is 148 Å². The molecule has 0 aliphatic heterocycles. The number of carbonyl (C=O) groups excluding carboxylic acids is 3. The van der Waals surface area contributed by atoms with Crippen LogP contribution in [0.1, 0.15) is 419 Å². The Morgan fingerprint density at radius 3 is 0.675 bits per heavy atom. The summed E-state index contributed by atoms with van der Waals surface area (Å²) in [5.41, 5.74) is 0. The Kier molecular flexibility index (Phi) is 87.6. The van der Waals surface area contributed by atoms with E-state index < -0.39 is 91.5 Å². The van der Waals surface area contributed by atoms with Crippen molar-refractivity contribution in [2.75, 3.05) is 39.6 Å². The number of rotatable bonds is 90. The Morgan fingerprint density at radius 2 is 0.427 bits per heavy atom. The maximum Gasteiger partial charge on any atom is 0.472 e. The van der Waals surface area contributed by atoms with Gasteiger partial charge in [0.1, 0.15) is 25.4 Å². The van der Waals surface area contributed by atoms with Gasteiger partial charge in [0.15, 0.2) is 6.10 Å². The number of unbranched alkanes of at least 4 members (excludes halogenated alkanes) is 45. The van der Waals surface area contributed by atoms with E-state index in [2.05, 4.69) is 154 Å². The number of hydrogen-bond donors (Lipinski definition) is 4. The highest BCUT2D eigenvalue weighted by molar-refractivity contribution is 7.47. The lowest BCUT2D eigenvalue weighted by atomic mass is 10.0. The molecule has 5 unspecified atom stereocenters. The zero-order chi connectivity index (χ0) is 85.1. The second-order valence-corrected chi connectivity index (χ2v) is 34.7. The monoisotopic (exact) mass is 1680 g/mol. The van der Waals surface area contributed by atoms with Crippen LogP contribution >= 0.6 is 15.6 Å². The largest absolute Gasteiger partial charge is 0.472 e. The summed E-state index contributed by atoms with van der Waals surface area (Å²) in [5, 5.41) is 20.7. The minimum atomic E-state index is -4.94. The minimum absolute atomic E-state index is 0.0882. The molecule has 0 radical (unpaired) electrons. The smallest absolute Gasteiger partial charge is 0.463 e. The van der Waals surface area contributed by atoms with Gasteiger partial charge in [0.05, 0.1) is 26.4 Å². The highest BCUT2D eigenvalue weighted by Gasteiger charge is 2.30. The first kappa shape index (κ1) is 113. The molecule has 0 heterocycles. The molecule has 4 N–H and O–H groups in total. The van der Waals surface area contributed by atoms with Gasteiger partial charge in [-0.1, -0.05) is 386 Å². The van der Waals surface area contributed by atoms with E-state index >= 15 is 0 Å². The van der Waals surface area contributed by atoms with Crippen molar-refractivity contribution in [2.45, 2.75) is 437 Å². The molecule has 0 saturated heterocycles. The van der Waals surface area contributed by atoms with Crippen LogP contribution in [0.25, 0.3) is 0 Å². The van der Waals surface area contributed by atoms with Gasteiger partial charge in [-0.2, -0.15) is 0 Å². The number of carbonyl (C=O) groups is 3. The molecule has 0 aromatic carbocycles. The Morgan fingerprint density at radius 1 is 0.239 bits per heavy atom. The zero-order valence-electron chi connectivity index (χ0n) is 74.6. The predicted octanol–water partition coefficient (Wildman–Crippen LogP) is 29.3. The first-order valence-corrected chi connectivity index (χ1v) is 50.5. The van der Waals surface area contributed by atoms with Crippen LogP contribution < -0.4 is 0 Å². The first-order chi connectivity index (χ1) is 57.2. The topological polar surface area (TPSA) is 231 Å². The van der Waals surface area contributed by atoms with Crippen LogP contribution in [-0.4, -0.2) is 95.9 Å². The molecule has 0 aliphatic rings. The van der Waals surface area contributed by atoms with Crippen molar-refractivity contribution in [1.82, 2.24) is 0 Å². The highest BCUT2D eigenvalue weighted by Crippen LogP contribution is 2.45. The van der Waals surface area contributed by atoms with Gasteiger partial charge in [0.2, 0.25) is 0 Å². The summed E-state index contributed by atoms with van der Waals surface area (Å²) >= 11 is 0. The standard InChI is InChI=1S/C99H174O16P2/c1-4-7-10-13-16-19-22-25-28-31-34-36-38-40-42-43-44-45-46-47-48-49-51-53-54-56-59-61-64-67-70-73-76-79-82-85-97(102)109-88-94(100)89-111-116(105,106)112-90-95(101)91-113-117(107,108)114-93-96(115-99(104)87-84-81-78-75-72-69-66-63-58-33-30-27-24-21-18-15-12-9-6-3)92-110-98(103)86-83-80-77-74-71-68-65-62-60-57-55-52-50-41-39-37-35-32-29-26-23-20-17-14-11-8-5-2/h16-21,25-30,34-37,40-42,50,58,63,94-96,100-101H,4-15,22-24,31-33,38-39,43-49,51-57,59-62,64-93H2,1-3H3,(H,105,106)(H,107,108)/b19-16-,20-17-,21-18-,28-25-,29-26-,30-27-,36-34-,37-35-,42-40-,50-41-,63-58-. The summed E-state index contributed by atoms with van der Waals surface area (Å²) in [6.45, 7) is 2.64. The molecule has 0 spiro atoms. The lowest BCUT2D eigenvalue weighted by Gasteiger charge is -2.21. The number of phosphoric acid groups is 2. The quantitative estimate of drug-likeness (QED) is 0.0146. The van der Waals surface area contributed by atoms with Crippen molar-refractivity contribution < 1.29 is 75.8 Å². The summed E-state index contributed by atoms with van der Waals surface area (Å²) in [4.78, 5) is 59.0. The Labute approximate surface area is 715 Å². The van der Waals surface area contributed by atoms with E-state index in [1.165, 1.54) is 212 Å². The number of allylic oxidation sites excluding steroid dienone is 22. The molecule has 0 aromatic rings. The molecular formula is C99H174O16P2. The van der Waals surface area contributed by atoms with Crippen molar-refractivity contribution in [3.63, 3.8) is 0 Å². The number of aliphatic hydroxyl groups is 2. The fourth-order valence-corrected chi connectivity index (χ4v) is 14.7. The molecule has 676 valence electrons. The van der Waals surface area contributed by atoms with Gasteiger partial charge in [-0.25, -0.2) is 9.13 Å². The van der Waals surface area contributed by atoms with Crippen LogP contribution in [0.4, 0.5) is 0 Å². The van der Waals surface area contributed by atoms with Crippen molar-refractivity contribution in [3.8, 4) is 0 Å². The molecule has 0 bridgehead atoms. The van der Waals surface area contributed by atoms with Crippen LogP contribution in [0.15, 0.2) is 134 Å². The summed E-state index contributed by atoms with van der Waals surface area (Å²) in [7, 11) is -9.81. The molecule has 16 nitrogen and oxygen atoms in total. The molecule has 0 amide bonds. The van der Waals surface area contributed by atoms with Gasteiger partial charge in [0.25, 0.3) is 0 Å². The molecule has 0 saturated carbocycles. The number of phosphoric ester groups is 2. The van der Waals surface area contributed by atoms with Crippen LogP contribution in [0.2, 0.25) is 0 Å². The predicted molar refractivity (Wildman–Crippen MR) is 491 cm³/mol. The molecule has 0 fully saturated rings. The van der Waals surface area contributed by atoms with Gasteiger partial charge in [-0.3, -0.25) is 32.5 Å². The SMILES string of the molecule is CCCCC/C=C\C/C=C\C/C=C\C/C=C\CCCCCCCCCCCCCCCCCCCCCC(=O)OCC(O)COP(=O)(O)OCC(O)COP(=O)(O)OCC(COC(=O)CCCCCCCCCCCCC/C=C\C/C=C\C/C=C\C/C=C\CCCCC)OC(=O)CCCCCCCC/C=C\C/C=C\C/C=C\CCCCC. The van der Waals surface area contributed by atoms with Crippen LogP contribution in [-0.2, 0) is 55.8 Å². The van der Waals surface area contributed by atoms with E-state index in [0.29, 0.717) is 19.3 Å². The molecular weight excluding hydrogens is 1510 g/mol. The third kappa shape index (κ3) is 92.3. The molecule has 0 rings (SSSR count). The van der Waals surface area contributed by atoms with Crippen LogP contribution in [0.5, 0.6) is 0 Å². The molecule has 5 atom stereocenters. The second-order valence-electron chi connectivity index (χ2n) is 31.8. The van der Waals surface area contributed by atoms with E-state index in [-0.39, 0.29) is 19.3 Å². The lowest BCUT2D eigenvalue weighted by Crippen LogP contribution is -2.30. The van der Waals surface area contributed by atoms with Crippen molar-refractivity contribution in [3.05, 3.63) is 134 Å². The highest BCUT2D eigenvalue weighted by atomic mass is 31.2. The number of ether oxygens (including phenoxy) is 3. The molecule has 117 heavy (non-hydrogen) atoms. The van der Waals surface area contributed by atoms with E-state index in [0.717, 1.165) is 148 Å². The van der Waals surface area contributed by atoms with E-state index in [1.54, 1.807) is 0 Å². The van der Waals surface area contributed by atoms with Crippen LogP contribution in [0, 0.1) is 0 Å². The van der Waals surface area contributed by atoms with Gasteiger partial charge >= 0.3 is 33.6 Å². The third-order valence-electron chi connectivity index (χ3n) is 20.3. The Hall–Kier alpha value is -4.31. The fraction of sp³-hybridized carbons (Fsp3) is 0.747. The van der Waals surface area contributed by atoms with Gasteiger partial charge in [0, 0.05) is 19.3 Å². The number of hydrogen-bond acceptors (Lipinski definition) is 14. The summed E-state index contributed by atoms with van der Waals surface area (Å²) in [6.07, 6.45) is 114. The fourth-order valence-electron chi connectivity index (χ4n) is 13.1. The average Bonchev–Trinajstić information content (AvgIpc) is 0.904. The van der Waals surface area contributed by atoms with Crippen molar-refractivity contribution in [2.24, 2.45) is 0 Å². The number of esters is 3. The molecule has 18 heteroatoms. The average molecular weight is 1680 g/mol. The third-order valence-corrected chi connectivity index (χ3v) is 22.2. The van der Waals surface area contributed by atoms with Crippen molar-refractivity contribution in [1.29, 1.82) is 0 Å².